The normalized spacial score (nSPS) is 16.8. The fourth-order valence-corrected chi connectivity index (χ4v) is 2.60. The SMILES string of the molecule is CNCc1cc(OC2CCCCC2)nc(C(C)C)c1. The van der Waals surface area contributed by atoms with Gasteiger partial charge in [-0.2, -0.15) is 0 Å². The van der Waals surface area contributed by atoms with E-state index in [9.17, 15) is 0 Å². The lowest BCUT2D eigenvalue weighted by molar-refractivity contribution is 0.148. The number of nitrogens with zero attached hydrogens (tertiary/aromatic N) is 1. The molecule has 106 valence electrons. The van der Waals surface area contributed by atoms with Crippen molar-refractivity contribution in [1.82, 2.24) is 10.3 Å². The molecule has 3 heteroatoms. The smallest absolute Gasteiger partial charge is 0.214 e. The van der Waals surface area contributed by atoms with Crippen molar-refractivity contribution in [2.45, 2.75) is 64.5 Å². The molecule has 19 heavy (non-hydrogen) atoms. The average molecular weight is 262 g/mol. The summed E-state index contributed by atoms with van der Waals surface area (Å²) in [5, 5.41) is 3.20. The first-order valence-corrected chi connectivity index (χ1v) is 7.51. The van der Waals surface area contributed by atoms with Crippen LogP contribution in [0.1, 0.15) is 63.1 Å². The highest BCUT2D eigenvalue weighted by Gasteiger charge is 2.16. The first-order chi connectivity index (χ1) is 9.19. The molecule has 0 bridgehead atoms. The largest absolute Gasteiger partial charge is 0.474 e. The van der Waals surface area contributed by atoms with Crippen LogP contribution in [0.3, 0.4) is 0 Å². The lowest BCUT2D eigenvalue weighted by Gasteiger charge is -2.23. The Morgan fingerprint density at radius 3 is 2.63 bits per heavy atom. The van der Waals surface area contributed by atoms with Gasteiger partial charge >= 0.3 is 0 Å². The molecule has 1 aromatic heterocycles. The molecule has 0 unspecified atom stereocenters. The lowest BCUT2D eigenvalue weighted by Crippen LogP contribution is -2.20. The Labute approximate surface area is 116 Å². The molecule has 0 atom stereocenters. The summed E-state index contributed by atoms with van der Waals surface area (Å²) in [4.78, 5) is 4.66. The summed E-state index contributed by atoms with van der Waals surface area (Å²) in [6, 6.07) is 4.26. The van der Waals surface area contributed by atoms with Crippen LogP contribution in [0.2, 0.25) is 0 Å². The van der Waals surface area contributed by atoms with E-state index in [1.54, 1.807) is 0 Å². The van der Waals surface area contributed by atoms with Gasteiger partial charge in [-0.15, -0.1) is 0 Å². The first-order valence-electron chi connectivity index (χ1n) is 7.51. The number of aromatic nitrogens is 1. The Morgan fingerprint density at radius 2 is 2.00 bits per heavy atom. The number of rotatable bonds is 5. The molecule has 1 aliphatic rings. The topological polar surface area (TPSA) is 34.1 Å². The second-order valence-corrected chi connectivity index (χ2v) is 5.80. The van der Waals surface area contributed by atoms with E-state index in [1.165, 1.54) is 37.7 Å². The third-order valence-corrected chi connectivity index (χ3v) is 3.69. The van der Waals surface area contributed by atoms with Crippen LogP contribution in [0.5, 0.6) is 5.88 Å². The highest BCUT2D eigenvalue weighted by Crippen LogP contribution is 2.24. The van der Waals surface area contributed by atoms with Gasteiger partial charge in [0.15, 0.2) is 0 Å². The standard InChI is InChI=1S/C16H26N2O/c1-12(2)15-9-13(11-17-3)10-16(18-15)19-14-7-5-4-6-8-14/h9-10,12,14,17H,4-8,11H2,1-3H3. The van der Waals surface area contributed by atoms with Gasteiger partial charge in [-0.3, -0.25) is 0 Å². The lowest BCUT2D eigenvalue weighted by atomic mass is 9.98. The van der Waals surface area contributed by atoms with E-state index in [-0.39, 0.29) is 0 Å². The number of hydrogen-bond donors (Lipinski definition) is 1. The monoisotopic (exact) mass is 262 g/mol. The van der Waals surface area contributed by atoms with Crippen molar-refractivity contribution in [3.05, 3.63) is 23.4 Å². The molecule has 3 nitrogen and oxygen atoms in total. The zero-order valence-electron chi connectivity index (χ0n) is 12.4. The van der Waals surface area contributed by atoms with Gasteiger partial charge in [0, 0.05) is 18.3 Å². The van der Waals surface area contributed by atoms with Gasteiger partial charge in [0.25, 0.3) is 0 Å². The van der Waals surface area contributed by atoms with E-state index in [4.69, 9.17) is 4.74 Å². The molecule has 0 spiro atoms. The van der Waals surface area contributed by atoms with Crippen molar-refractivity contribution in [2.75, 3.05) is 7.05 Å². The maximum Gasteiger partial charge on any atom is 0.214 e. The van der Waals surface area contributed by atoms with E-state index in [1.807, 2.05) is 7.05 Å². The number of ether oxygens (including phenoxy) is 1. The molecular weight excluding hydrogens is 236 g/mol. The van der Waals surface area contributed by atoms with Crippen LogP contribution in [-0.2, 0) is 6.54 Å². The summed E-state index contributed by atoms with van der Waals surface area (Å²) in [5.74, 6) is 1.24. The molecule has 0 saturated heterocycles. The zero-order valence-corrected chi connectivity index (χ0v) is 12.4. The van der Waals surface area contributed by atoms with E-state index in [0.717, 1.165) is 18.1 Å². The predicted octanol–water partition coefficient (Wildman–Crippen LogP) is 3.64. The van der Waals surface area contributed by atoms with Crippen LogP contribution < -0.4 is 10.1 Å². The van der Waals surface area contributed by atoms with Crippen molar-refractivity contribution in [3.8, 4) is 5.88 Å². The molecule has 0 radical (unpaired) electrons. The molecule has 1 heterocycles. The zero-order chi connectivity index (χ0) is 13.7. The molecule has 0 aromatic carbocycles. The quantitative estimate of drug-likeness (QED) is 0.879. The third kappa shape index (κ3) is 4.20. The van der Waals surface area contributed by atoms with Crippen LogP contribution in [0, 0.1) is 0 Å². The Kier molecular flexibility index (Phi) is 5.20. The second kappa shape index (κ2) is 6.90. The van der Waals surface area contributed by atoms with E-state index >= 15 is 0 Å². The molecule has 0 aliphatic heterocycles. The Bertz CT molecular complexity index is 398. The summed E-state index contributed by atoms with van der Waals surface area (Å²) < 4.78 is 6.09. The van der Waals surface area contributed by atoms with Gasteiger partial charge in [0.1, 0.15) is 6.10 Å². The minimum atomic E-state index is 0.367. The molecular formula is C16H26N2O. The fourth-order valence-electron chi connectivity index (χ4n) is 2.60. The van der Waals surface area contributed by atoms with Crippen molar-refractivity contribution >= 4 is 0 Å². The highest BCUT2D eigenvalue weighted by atomic mass is 16.5. The Balaban J connectivity index is 2.12. The summed E-state index contributed by atoms with van der Waals surface area (Å²) in [5.41, 5.74) is 2.38. The first kappa shape index (κ1) is 14.3. The molecule has 1 aromatic rings. The second-order valence-electron chi connectivity index (χ2n) is 5.80. The summed E-state index contributed by atoms with van der Waals surface area (Å²) >= 11 is 0. The van der Waals surface area contributed by atoms with Crippen molar-refractivity contribution < 1.29 is 4.74 Å². The van der Waals surface area contributed by atoms with E-state index in [0.29, 0.717) is 12.0 Å². The van der Waals surface area contributed by atoms with Gasteiger partial charge in [-0.05, 0) is 50.3 Å². The van der Waals surface area contributed by atoms with Gasteiger partial charge < -0.3 is 10.1 Å². The van der Waals surface area contributed by atoms with Gasteiger partial charge in [-0.1, -0.05) is 20.3 Å². The number of pyridine rings is 1. The molecule has 1 saturated carbocycles. The Morgan fingerprint density at radius 1 is 1.26 bits per heavy atom. The molecule has 1 N–H and O–H groups in total. The maximum atomic E-state index is 6.09. The summed E-state index contributed by atoms with van der Waals surface area (Å²) in [7, 11) is 1.97. The van der Waals surface area contributed by atoms with Crippen molar-refractivity contribution in [2.24, 2.45) is 0 Å². The van der Waals surface area contributed by atoms with Crippen LogP contribution >= 0.6 is 0 Å². The van der Waals surface area contributed by atoms with Crippen LogP contribution in [0.25, 0.3) is 0 Å². The predicted molar refractivity (Wildman–Crippen MR) is 78.6 cm³/mol. The number of nitrogens with one attached hydrogen (secondary N) is 1. The molecule has 0 amide bonds. The van der Waals surface area contributed by atoms with E-state index in [2.05, 4.69) is 36.3 Å². The average Bonchev–Trinajstić information content (AvgIpc) is 2.40. The van der Waals surface area contributed by atoms with Crippen molar-refractivity contribution in [1.29, 1.82) is 0 Å². The highest BCUT2D eigenvalue weighted by molar-refractivity contribution is 5.26. The molecule has 1 fully saturated rings. The fraction of sp³-hybridized carbons (Fsp3) is 0.688. The minimum absolute atomic E-state index is 0.367. The summed E-state index contributed by atoms with van der Waals surface area (Å²) in [6.07, 6.45) is 6.65. The summed E-state index contributed by atoms with van der Waals surface area (Å²) in [6.45, 7) is 5.22. The minimum Gasteiger partial charge on any atom is -0.474 e. The van der Waals surface area contributed by atoms with Gasteiger partial charge in [-0.25, -0.2) is 4.98 Å². The van der Waals surface area contributed by atoms with Gasteiger partial charge in [0.2, 0.25) is 5.88 Å². The van der Waals surface area contributed by atoms with E-state index < -0.39 is 0 Å². The molecule has 1 aliphatic carbocycles. The van der Waals surface area contributed by atoms with Crippen LogP contribution in [0.4, 0.5) is 0 Å². The third-order valence-electron chi connectivity index (χ3n) is 3.69. The van der Waals surface area contributed by atoms with Crippen LogP contribution in [0.15, 0.2) is 12.1 Å². The molecule has 2 rings (SSSR count). The van der Waals surface area contributed by atoms with Crippen LogP contribution in [-0.4, -0.2) is 18.1 Å². The maximum absolute atomic E-state index is 6.09. The van der Waals surface area contributed by atoms with Crippen molar-refractivity contribution in [3.63, 3.8) is 0 Å². The number of hydrogen-bond acceptors (Lipinski definition) is 3. The Hall–Kier alpha value is -1.09. The van der Waals surface area contributed by atoms with Gasteiger partial charge in [0.05, 0.1) is 0 Å².